The van der Waals surface area contributed by atoms with E-state index >= 15 is 0 Å². The summed E-state index contributed by atoms with van der Waals surface area (Å²) in [6.45, 7) is 5.88. The van der Waals surface area contributed by atoms with Crippen molar-refractivity contribution in [3.63, 3.8) is 0 Å². The smallest absolute Gasteiger partial charge is 0.425 e. The lowest BCUT2D eigenvalue weighted by Crippen LogP contribution is -2.59. The highest BCUT2D eigenvalue weighted by atomic mass is 35.5. The van der Waals surface area contributed by atoms with Gasteiger partial charge in [-0.1, -0.05) is 46.2 Å². The third-order valence-corrected chi connectivity index (χ3v) is 15.0. The summed E-state index contributed by atoms with van der Waals surface area (Å²) in [7, 11) is -4.63. The molecule has 2 amide bonds. The molecule has 0 spiro atoms. The quantitative estimate of drug-likeness (QED) is 0.0964. The summed E-state index contributed by atoms with van der Waals surface area (Å²) in [5.41, 5.74) is -6.79. The lowest BCUT2D eigenvalue weighted by molar-refractivity contribution is -0.140. The van der Waals surface area contributed by atoms with E-state index in [0.29, 0.717) is 50.7 Å². The fraction of sp³-hybridized carbons (Fsp3) is 0.537. The van der Waals surface area contributed by atoms with Gasteiger partial charge in [-0.15, -0.1) is 10.2 Å². The van der Waals surface area contributed by atoms with Gasteiger partial charge >= 0.3 is 30.5 Å². The summed E-state index contributed by atoms with van der Waals surface area (Å²) in [5, 5.41) is 14.2. The Bertz CT molecular complexity index is 2370. The average molecular weight is 1010 g/mol. The van der Waals surface area contributed by atoms with Crippen molar-refractivity contribution in [2.75, 3.05) is 22.3 Å². The number of amides is 2. The number of halogens is 8. The van der Waals surface area contributed by atoms with Gasteiger partial charge in [0.1, 0.15) is 11.2 Å². The fourth-order valence-corrected chi connectivity index (χ4v) is 11.5. The molecule has 2 aromatic heterocycles. The second-order valence-electron chi connectivity index (χ2n) is 16.1. The van der Waals surface area contributed by atoms with Crippen LogP contribution in [0.25, 0.3) is 0 Å². The molecule has 360 valence electrons. The predicted octanol–water partition coefficient (Wildman–Crippen LogP) is 10.2. The SMILES string of the molecule is Cc1nnc(N(C(=O)c2ccc(C(F)(F)F)c(S(C)=O)c2Cl)C(C)C2(OC(=O)OC3(C(C)N(C(=O)c4ccc(C(F)(F)F)c(S(C)=O)c4Cl)c4nnc(C)o4)CCCCC3)CCCCC2)o1. The number of hydrogen-bond acceptors (Lipinski definition) is 13. The van der Waals surface area contributed by atoms with Gasteiger partial charge < -0.3 is 18.3 Å². The maximum absolute atomic E-state index is 14.6. The van der Waals surface area contributed by atoms with Gasteiger partial charge in [0.25, 0.3) is 11.8 Å². The van der Waals surface area contributed by atoms with E-state index in [-0.39, 0.29) is 37.5 Å². The van der Waals surface area contributed by atoms with Crippen LogP contribution in [0.15, 0.2) is 42.9 Å². The van der Waals surface area contributed by atoms with E-state index in [0.717, 1.165) is 34.4 Å². The minimum atomic E-state index is -4.97. The molecule has 4 aromatic rings. The van der Waals surface area contributed by atoms with E-state index in [1.165, 1.54) is 27.7 Å². The van der Waals surface area contributed by atoms with E-state index in [4.69, 9.17) is 41.5 Å². The van der Waals surface area contributed by atoms with Crippen LogP contribution in [0.5, 0.6) is 0 Å². The zero-order valence-corrected chi connectivity index (χ0v) is 39.4. The summed E-state index contributed by atoms with van der Waals surface area (Å²) in [6, 6.07) is -0.418. The molecule has 0 N–H and O–H groups in total. The summed E-state index contributed by atoms with van der Waals surface area (Å²) >= 11 is 13.0. The molecule has 2 fully saturated rings. The standard InChI is InChI=1S/C41H44Cl2F6N6O9S2/c1-21(54(35-52-50-23(3)61-35)33(56)25-13-15-27(40(44,45)46)31(29(25)42)65(5)59)38(17-9-7-10-18-38)63-37(58)64-39(19-11-8-12-20-39)22(2)55(36-53-51-24(4)62-36)34(57)26-14-16-28(41(47,48)49)32(30(26)43)66(6)60/h13-16,21-22H,7-12,17-20H2,1-6H3. The van der Waals surface area contributed by atoms with Gasteiger partial charge in [0.15, 0.2) is 0 Å². The van der Waals surface area contributed by atoms with Crippen molar-refractivity contribution in [2.45, 2.75) is 137 Å². The number of nitrogens with zero attached hydrogens (tertiary/aromatic N) is 6. The molecule has 2 heterocycles. The number of rotatable bonds is 12. The van der Waals surface area contributed by atoms with Gasteiger partial charge in [-0.3, -0.25) is 27.8 Å². The van der Waals surface area contributed by atoms with Gasteiger partial charge in [0.05, 0.1) is 75.8 Å². The third kappa shape index (κ3) is 10.1. The van der Waals surface area contributed by atoms with Crippen LogP contribution < -0.4 is 9.80 Å². The number of ether oxygens (including phenoxy) is 2. The molecule has 0 saturated heterocycles. The summed E-state index contributed by atoms with van der Waals surface area (Å²) in [6.07, 6.45) is -5.41. The molecule has 0 aliphatic heterocycles. The van der Waals surface area contributed by atoms with Crippen molar-refractivity contribution < 1.29 is 67.5 Å². The molecular formula is C41H44Cl2F6N6O9S2. The molecule has 0 bridgehead atoms. The van der Waals surface area contributed by atoms with Crippen LogP contribution in [0.1, 0.15) is 122 Å². The lowest BCUT2D eigenvalue weighted by Gasteiger charge is -2.47. The molecule has 15 nitrogen and oxygen atoms in total. The first kappa shape index (κ1) is 50.8. The van der Waals surface area contributed by atoms with Crippen molar-refractivity contribution in [3.05, 3.63) is 68.3 Å². The van der Waals surface area contributed by atoms with E-state index < -0.39 is 129 Å². The first-order valence-electron chi connectivity index (χ1n) is 20.5. The first-order valence-corrected chi connectivity index (χ1v) is 24.4. The van der Waals surface area contributed by atoms with Crippen LogP contribution in [0.4, 0.5) is 43.2 Å². The Kier molecular flexibility index (Phi) is 15.0. The second-order valence-corrected chi connectivity index (χ2v) is 19.5. The number of hydrogen-bond donors (Lipinski definition) is 0. The Labute approximate surface area is 389 Å². The Balaban J connectivity index is 1.40. The maximum Gasteiger partial charge on any atom is 0.509 e. The highest BCUT2D eigenvalue weighted by molar-refractivity contribution is 7.84. The Morgan fingerprint density at radius 2 is 0.970 bits per heavy atom. The van der Waals surface area contributed by atoms with Gasteiger partial charge in [0, 0.05) is 26.4 Å². The molecule has 6 rings (SSSR count). The van der Waals surface area contributed by atoms with Crippen molar-refractivity contribution in [1.29, 1.82) is 0 Å². The third-order valence-electron chi connectivity index (χ3n) is 12.0. The number of anilines is 2. The van der Waals surface area contributed by atoms with Crippen molar-refractivity contribution in [3.8, 4) is 0 Å². The largest absolute Gasteiger partial charge is 0.509 e. The monoisotopic (exact) mass is 1010 g/mol. The van der Waals surface area contributed by atoms with Crippen LogP contribution in [0, 0.1) is 13.8 Å². The highest BCUT2D eigenvalue weighted by Crippen LogP contribution is 2.45. The van der Waals surface area contributed by atoms with Gasteiger partial charge in [-0.2, -0.15) is 26.3 Å². The summed E-state index contributed by atoms with van der Waals surface area (Å²) < 4.78 is 134. The van der Waals surface area contributed by atoms with Crippen molar-refractivity contribution >= 4 is 74.8 Å². The molecule has 2 aliphatic rings. The molecule has 0 radical (unpaired) electrons. The van der Waals surface area contributed by atoms with Crippen LogP contribution in [0.2, 0.25) is 10.0 Å². The number of carbonyl (C=O) groups excluding carboxylic acids is 3. The van der Waals surface area contributed by atoms with E-state index in [2.05, 4.69) is 20.4 Å². The van der Waals surface area contributed by atoms with Gasteiger partial charge in [0.2, 0.25) is 11.8 Å². The fourth-order valence-electron chi connectivity index (χ4n) is 8.67. The second kappa shape index (κ2) is 19.5. The van der Waals surface area contributed by atoms with E-state index in [9.17, 15) is 49.1 Å². The minimum Gasteiger partial charge on any atom is -0.425 e. The molecule has 66 heavy (non-hydrogen) atoms. The van der Waals surface area contributed by atoms with Crippen LogP contribution in [0.3, 0.4) is 0 Å². The molecule has 2 saturated carbocycles. The topological polar surface area (TPSA) is 188 Å². The Morgan fingerprint density at radius 3 is 1.24 bits per heavy atom. The lowest BCUT2D eigenvalue weighted by atomic mass is 9.78. The number of aromatic nitrogens is 4. The van der Waals surface area contributed by atoms with Crippen LogP contribution in [-0.4, -0.2) is 82.6 Å². The summed E-state index contributed by atoms with van der Waals surface area (Å²) in [5.74, 6) is -2.08. The number of carbonyl (C=O) groups is 3. The molecule has 25 heteroatoms. The first-order chi connectivity index (χ1) is 30.8. The average Bonchev–Trinajstić information content (AvgIpc) is 3.87. The highest BCUT2D eigenvalue weighted by Gasteiger charge is 2.52. The normalized spacial score (nSPS) is 18.2. The van der Waals surface area contributed by atoms with E-state index in [1.54, 1.807) is 0 Å². The van der Waals surface area contributed by atoms with E-state index in [1.807, 2.05) is 0 Å². The van der Waals surface area contributed by atoms with Gasteiger partial charge in [-0.25, -0.2) is 4.79 Å². The minimum absolute atomic E-state index is 0.00224. The zero-order chi connectivity index (χ0) is 48.7. The number of benzene rings is 2. The molecule has 4 atom stereocenters. The molecule has 2 aromatic carbocycles. The number of alkyl halides is 6. The molecular weight excluding hydrogens is 970 g/mol. The van der Waals surface area contributed by atoms with Gasteiger partial charge in [-0.05, 0) is 89.5 Å². The number of aryl methyl sites for hydroxylation is 2. The molecule has 4 unspecified atom stereocenters. The molecule has 2 aliphatic carbocycles. The Hall–Kier alpha value is -4.61. The van der Waals surface area contributed by atoms with Crippen molar-refractivity contribution in [2.24, 2.45) is 0 Å². The zero-order valence-electron chi connectivity index (χ0n) is 36.2. The maximum atomic E-state index is 14.6. The Morgan fingerprint density at radius 1 is 0.636 bits per heavy atom. The van der Waals surface area contributed by atoms with Crippen molar-refractivity contribution in [1.82, 2.24) is 20.4 Å². The van der Waals surface area contributed by atoms with Crippen LogP contribution >= 0.6 is 23.2 Å². The summed E-state index contributed by atoms with van der Waals surface area (Å²) in [4.78, 5) is 44.1. The predicted molar refractivity (Wildman–Crippen MR) is 227 cm³/mol. The van der Waals surface area contributed by atoms with Crippen LogP contribution in [-0.2, 0) is 43.4 Å².